The lowest BCUT2D eigenvalue weighted by Gasteiger charge is -2.36. The van der Waals surface area contributed by atoms with Gasteiger partial charge in [0, 0.05) is 37.9 Å². The summed E-state index contributed by atoms with van der Waals surface area (Å²) in [4.78, 5) is 10.8. The van der Waals surface area contributed by atoms with Crippen molar-refractivity contribution >= 4 is 0 Å². The van der Waals surface area contributed by atoms with Gasteiger partial charge in [0.05, 0.1) is 6.61 Å². The van der Waals surface area contributed by atoms with Crippen molar-refractivity contribution in [3.05, 3.63) is 47.8 Å². The summed E-state index contributed by atoms with van der Waals surface area (Å²) in [6.45, 7) is 5.14. The molecule has 3 heterocycles. The van der Waals surface area contributed by atoms with Crippen molar-refractivity contribution in [1.29, 1.82) is 0 Å². The van der Waals surface area contributed by atoms with E-state index in [1.54, 1.807) is 18.5 Å². The van der Waals surface area contributed by atoms with Crippen molar-refractivity contribution in [3.8, 4) is 11.8 Å². The van der Waals surface area contributed by atoms with Crippen LogP contribution < -0.4 is 9.47 Å². The highest BCUT2D eigenvalue weighted by molar-refractivity contribution is 5.41. The van der Waals surface area contributed by atoms with Crippen molar-refractivity contribution in [2.45, 2.75) is 38.3 Å². The molecule has 0 bridgehead atoms. The molecule has 0 amide bonds. The van der Waals surface area contributed by atoms with Gasteiger partial charge in [0.1, 0.15) is 11.9 Å². The molecule has 1 aromatic heterocycles. The Labute approximate surface area is 142 Å². The number of likely N-dealkylation sites (tertiary alicyclic amines) is 1. The molecule has 2 aliphatic heterocycles. The lowest BCUT2D eigenvalue weighted by atomic mass is 10.00. The fourth-order valence-electron chi connectivity index (χ4n) is 3.53. The summed E-state index contributed by atoms with van der Waals surface area (Å²) in [7, 11) is 0. The summed E-state index contributed by atoms with van der Waals surface area (Å²) in [6, 6.07) is 9.37. The molecule has 0 spiro atoms. The molecule has 0 N–H and O–H groups in total. The Hall–Kier alpha value is -2.14. The molecule has 1 saturated heterocycles. The van der Waals surface area contributed by atoms with Crippen LogP contribution in [0.5, 0.6) is 11.8 Å². The minimum absolute atomic E-state index is 0.208. The van der Waals surface area contributed by atoms with E-state index in [0.29, 0.717) is 12.1 Å². The van der Waals surface area contributed by atoms with Gasteiger partial charge in [0.25, 0.3) is 0 Å². The van der Waals surface area contributed by atoms with E-state index in [1.165, 1.54) is 11.1 Å². The average molecular weight is 325 g/mol. The molecule has 1 unspecified atom stereocenters. The molecule has 1 atom stereocenters. The lowest BCUT2D eigenvalue weighted by molar-refractivity contribution is 0.0735. The molecule has 24 heavy (non-hydrogen) atoms. The van der Waals surface area contributed by atoms with E-state index in [1.807, 2.05) is 0 Å². The Kier molecular flexibility index (Phi) is 4.34. The zero-order valence-electron chi connectivity index (χ0n) is 14.0. The first kappa shape index (κ1) is 15.4. The monoisotopic (exact) mass is 325 g/mol. The quantitative estimate of drug-likeness (QED) is 0.865. The van der Waals surface area contributed by atoms with Crippen molar-refractivity contribution in [3.63, 3.8) is 0 Å². The molecule has 2 aliphatic rings. The second kappa shape index (κ2) is 6.77. The van der Waals surface area contributed by atoms with Gasteiger partial charge in [0.15, 0.2) is 0 Å². The molecule has 0 radical (unpaired) electrons. The Morgan fingerprint density at radius 2 is 2.00 bits per heavy atom. The molecule has 5 heteroatoms. The zero-order chi connectivity index (χ0) is 16.4. The molecule has 126 valence electrons. The predicted octanol–water partition coefficient (Wildman–Crippen LogP) is 3.02. The van der Waals surface area contributed by atoms with Crippen LogP contribution >= 0.6 is 0 Å². The van der Waals surface area contributed by atoms with Crippen molar-refractivity contribution in [2.75, 3.05) is 19.7 Å². The van der Waals surface area contributed by atoms with Crippen LogP contribution in [0.3, 0.4) is 0 Å². The first-order chi connectivity index (χ1) is 11.8. The van der Waals surface area contributed by atoms with Crippen LogP contribution in [0.1, 0.15) is 36.9 Å². The highest BCUT2D eigenvalue weighted by atomic mass is 16.5. The Morgan fingerprint density at radius 3 is 2.79 bits per heavy atom. The average Bonchev–Trinajstić information content (AvgIpc) is 3.10. The lowest BCUT2D eigenvalue weighted by Crippen LogP contribution is -2.39. The van der Waals surface area contributed by atoms with E-state index in [-0.39, 0.29) is 6.10 Å². The van der Waals surface area contributed by atoms with Gasteiger partial charge in [-0.25, -0.2) is 9.97 Å². The molecule has 0 aliphatic carbocycles. The van der Waals surface area contributed by atoms with Crippen molar-refractivity contribution < 1.29 is 9.47 Å². The van der Waals surface area contributed by atoms with Crippen LogP contribution in [-0.4, -0.2) is 40.7 Å². The van der Waals surface area contributed by atoms with E-state index in [0.717, 1.165) is 44.7 Å². The topological polar surface area (TPSA) is 47.5 Å². The summed E-state index contributed by atoms with van der Waals surface area (Å²) < 4.78 is 11.6. The van der Waals surface area contributed by atoms with Crippen LogP contribution in [0.25, 0.3) is 0 Å². The highest BCUT2D eigenvalue weighted by Crippen LogP contribution is 2.32. The number of rotatable bonds is 4. The van der Waals surface area contributed by atoms with Gasteiger partial charge >= 0.3 is 6.01 Å². The smallest absolute Gasteiger partial charge is 0.316 e. The van der Waals surface area contributed by atoms with Crippen LogP contribution in [0.4, 0.5) is 0 Å². The van der Waals surface area contributed by atoms with Gasteiger partial charge < -0.3 is 9.47 Å². The second-order valence-electron chi connectivity index (χ2n) is 6.53. The van der Waals surface area contributed by atoms with Crippen molar-refractivity contribution in [1.82, 2.24) is 14.9 Å². The number of fused-ring (bicyclic) bond motifs is 1. The SMILES string of the molecule is CC(c1ccc2c(c1)OCC2)N1CCC(Oc2ncccn2)CC1. The fourth-order valence-corrected chi connectivity index (χ4v) is 3.53. The number of benzene rings is 1. The fraction of sp³-hybridized carbons (Fsp3) is 0.474. The van der Waals surface area contributed by atoms with Gasteiger partial charge in [-0.2, -0.15) is 0 Å². The molecule has 0 saturated carbocycles. The van der Waals surface area contributed by atoms with Crippen molar-refractivity contribution in [2.24, 2.45) is 0 Å². The van der Waals surface area contributed by atoms with Gasteiger partial charge in [-0.3, -0.25) is 4.90 Å². The van der Waals surface area contributed by atoms with Crippen LogP contribution in [0.15, 0.2) is 36.7 Å². The normalized spacial score (nSPS) is 19.5. The zero-order valence-corrected chi connectivity index (χ0v) is 14.0. The van der Waals surface area contributed by atoms with Crippen LogP contribution in [-0.2, 0) is 6.42 Å². The number of hydrogen-bond donors (Lipinski definition) is 0. The Balaban J connectivity index is 1.35. The van der Waals surface area contributed by atoms with E-state index in [2.05, 4.69) is 40.0 Å². The standard InChI is InChI=1S/C19H23N3O2/c1-14(16-4-3-15-7-12-23-18(15)13-16)22-10-5-17(6-11-22)24-19-20-8-2-9-21-19/h2-4,8-9,13-14,17H,5-7,10-12H2,1H3. The number of piperidine rings is 1. The molecular formula is C19H23N3O2. The third kappa shape index (κ3) is 3.22. The summed E-state index contributed by atoms with van der Waals surface area (Å²) in [6.07, 6.45) is 6.69. The van der Waals surface area contributed by atoms with Crippen LogP contribution in [0.2, 0.25) is 0 Å². The second-order valence-corrected chi connectivity index (χ2v) is 6.53. The number of ether oxygens (including phenoxy) is 2. The highest BCUT2D eigenvalue weighted by Gasteiger charge is 2.26. The summed E-state index contributed by atoms with van der Waals surface area (Å²) in [5.74, 6) is 1.07. The maximum Gasteiger partial charge on any atom is 0.316 e. The van der Waals surface area contributed by atoms with Gasteiger partial charge in [-0.15, -0.1) is 0 Å². The van der Waals surface area contributed by atoms with E-state index in [9.17, 15) is 0 Å². The summed E-state index contributed by atoms with van der Waals surface area (Å²) in [5.41, 5.74) is 2.67. The Bertz CT molecular complexity index is 684. The maximum absolute atomic E-state index is 5.88. The minimum atomic E-state index is 0.208. The molecule has 1 fully saturated rings. The molecule has 2 aromatic rings. The van der Waals surface area contributed by atoms with E-state index in [4.69, 9.17) is 9.47 Å². The Morgan fingerprint density at radius 1 is 1.21 bits per heavy atom. The largest absolute Gasteiger partial charge is 0.493 e. The third-order valence-electron chi connectivity index (χ3n) is 5.04. The first-order valence-electron chi connectivity index (χ1n) is 8.73. The maximum atomic E-state index is 5.88. The number of aromatic nitrogens is 2. The molecular weight excluding hydrogens is 302 g/mol. The number of hydrogen-bond acceptors (Lipinski definition) is 5. The molecule has 1 aromatic carbocycles. The van der Waals surface area contributed by atoms with E-state index >= 15 is 0 Å². The summed E-state index contributed by atoms with van der Waals surface area (Å²) in [5, 5.41) is 0. The van der Waals surface area contributed by atoms with Gasteiger partial charge in [-0.1, -0.05) is 12.1 Å². The summed E-state index contributed by atoms with van der Waals surface area (Å²) >= 11 is 0. The first-order valence-corrected chi connectivity index (χ1v) is 8.73. The predicted molar refractivity (Wildman–Crippen MR) is 91.3 cm³/mol. The molecule has 5 nitrogen and oxygen atoms in total. The van der Waals surface area contributed by atoms with Gasteiger partial charge in [-0.05, 0) is 43.0 Å². The van der Waals surface area contributed by atoms with E-state index < -0.39 is 0 Å². The van der Waals surface area contributed by atoms with Gasteiger partial charge in [0.2, 0.25) is 0 Å². The van der Waals surface area contributed by atoms with Crippen LogP contribution in [0, 0.1) is 0 Å². The third-order valence-corrected chi connectivity index (χ3v) is 5.04. The minimum Gasteiger partial charge on any atom is -0.493 e. The molecule has 4 rings (SSSR count). The number of nitrogens with zero attached hydrogens (tertiary/aromatic N) is 3.